The molecule has 0 aromatic heterocycles. The van der Waals surface area contributed by atoms with E-state index in [2.05, 4.69) is 15.3 Å². The molecule has 1 unspecified atom stereocenters. The molecule has 0 spiro atoms. The molecule has 3 rings (SSSR count). The fourth-order valence-corrected chi connectivity index (χ4v) is 2.59. The van der Waals surface area contributed by atoms with Gasteiger partial charge in [0.1, 0.15) is 11.7 Å². The summed E-state index contributed by atoms with van der Waals surface area (Å²) in [6.07, 6.45) is 1.52. The second-order valence-corrected chi connectivity index (χ2v) is 5.70. The van der Waals surface area contributed by atoms with Gasteiger partial charge in [-0.1, -0.05) is 30.3 Å². The molecule has 0 N–H and O–H groups in total. The van der Waals surface area contributed by atoms with Crippen LogP contribution in [0.3, 0.4) is 0 Å². The highest BCUT2D eigenvalue weighted by atomic mass is 19.1. The molecule has 5 nitrogen and oxygen atoms in total. The lowest BCUT2D eigenvalue weighted by Gasteiger charge is -2.13. The molecule has 1 aliphatic rings. The van der Waals surface area contributed by atoms with E-state index in [1.165, 1.54) is 23.4 Å². The zero-order chi connectivity index (χ0) is 17.8. The third-order valence-corrected chi connectivity index (χ3v) is 3.84. The van der Waals surface area contributed by atoms with Gasteiger partial charge in [0.25, 0.3) is 5.91 Å². The van der Waals surface area contributed by atoms with Crippen LogP contribution in [0.5, 0.6) is 0 Å². The Morgan fingerprint density at radius 1 is 1.16 bits per heavy atom. The number of hydrogen-bond donors (Lipinski definition) is 0. The van der Waals surface area contributed by atoms with Gasteiger partial charge < -0.3 is 0 Å². The summed E-state index contributed by atoms with van der Waals surface area (Å²) >= 11 is 0. The molecular formula is C19H17FN4O. The maximum absolute atomic E-state index is 12.9. The van der Waals surface area contributed by atoms with E-state index in [9.17, 15) is 9.18 Å². The van der Waals surface area contributed by atoms with E-state index in [1.807, 2.05) is 30.3 Å². The topological polar surface area (TPSA) is 57.4 Å². The number of benzene rings is 2. The molecule has 0 saturated carbocycles. The molecule has 0 aliphatic carbocycles. The highest BCUT2D eigenvalue weighted by molar-refractivity contribution is 6.27. The Kier molecular flexibility index (Phi) is 4.79. The highest BCUT2D eigenvalue weighted by Gasteiger charge is 2.36. The molecule has 25 heavy (non-hydrogen) atoms. The molecule has 6 heteroatoms. The van der Waals surface area contributed by atoms with E-state index in [0.717, 1.165) is 11.3 Å². The first-order valence-corrected chi connectivity index (χ1v) is 7.83. The smallest absolute Gasteiger partial charge is 0.262 e. The van der Waals surface area contributed by atoms with Crippen molar-refractivity contribution in [2.24, 2.45) is 21.2 Å². The average Bonchev–Trinajstić information content (AvgIpc) is 2.92. The lowest BCUT2D eigenvalue weighted by molar-refractivity contribution is -0.118. The lowest BCUT2D eigenvalue weighted by Crippen LogP contribution is -2.31. The molecule has 0 radical (unpaired) electrons. The Morgan fingerprint density at radius 3 is 2.52 bits per heavy atom. The Bertz CT molecular complexity index is 857. The van der Waals surface area contributed by atoms with Crippen molar-refractivity contribution in [3.05, 3.63) is 66.0 Å². The number of para-hydroxylation sites is 1. The Hall–Kier alpha value is -3.15. The number of carbonyl (C=O) groups is 1. The van der Waals surface area contributed by atoms with Crippen molar-refractivity contribution >= 4 is 29.2 Å². The van der Waals surface area contributed by atoms with Gasteiger partial charge in [0.2, 0.25) is 0 Å². The number of anilines is 1. The van der Waals surface area contributed by atoms with E-state index in [-0.39, 0.29) is 11.7 Å². The molecule has 1 aliphatic heterocycles. The first-order valence-electron chi connectivity index (χ1n) is 7.83. The van der Waals surface area contributed by atoms with Crippen LogP contribution in [0.1, 0.15) is 19.4 Å². The molecule has 1 amide bonds. The summed E-state index contributed by atoms with van der Waals surface area (Å²) in [4.78, 5) is 12.7. The third kappa shape index (κ3) is 3.68. The van der Waals surface area contributed by atoms with Gasteiger partial charge in [0.15, 0.2) is 0 Å². The minimum absolute atomic E-state index is 0.151. The van der Waals surface area contributed by atoms with Gasteiger partial charge in [0, 0.05) is 0 Å². The van der Waals surface area contributed by atoms with Crippen molar-refractivity contribution in [3.8, 4) is 0 Å². The molecule has 2 aromatic rings. The van der Waals surface area contributed by atoms with Crippen molar-refractivity contribution < 1.29 is 9.18 Å². The summed E-state index contributed by atoms with van der Waals surface area (Å²) in [7, 11) is 0. The molecule has 126 valence electrons. The van der Waals surface area contributed by atoms with E-state index in [0.29, 0.717) is 11.4 Å². The molecular weight excluding hydrogens is 319 g/mol. The molecule has 0 bridgehead atoms. The number of carbonyl (C=O) groups excluding carboxylic acids is 1. The van der Waals surface area contributed by atoms with Crippen LogP contribution in [-0.4, -0.2) is 23.5 Å². The van der Waals surface area contributed by atoms with E-state index in [1.54, 1.807) is 26.0 Å². The summed E-state index contributed by atoms with van der Waals surface area (Å²) in [5.41, 5.74) is 2.68. The first-order chi connectivity index (χ1) is 12.1. The fraction of sp³-hybridized carbons (Fsp3) is 0.158. The largest absolute Gasteiger partial charge is 0.271 e. The van der Waals surface area contributed by atoms with Crippen LogP contribution in [0, 0.1) is 11.7 Å². The summed E-state index contributed by atoms with van der Waals surface area (Å²) in [5.74, 6) is -0.978. The van der Waals surface area contributed by atoms with Crippen molar-refractivity contribution in [1.82, 2.24) is 0 Å². The summed E-state index contributed by atoms with van der Waals surface area (Å²) in [6, 6.07) is 15.2. The van der Waals surface area contributed by atoms with E-state index < -0.39 is 5.92 Å². The highest BCUT2D eigenvalue weighted by Crippen LogP contribution is 2.24. The Morgan fingerprint density at radius 2 is 1.84 bits per heavy atom. The molecule has 0 saturated heterocycles. The molecule has 1 atom stereocenters. The van der Waals surface area contributed by atoms with Crippen LogP contribution in [0.25, 0.3) is 0 Å². The third-order valence-electron chi connectivity index (χ3n) is 3.84. The van der Waals surface area contributed by atoms with Gasteiger partial charge in [-0.2, -0.15) is 20.3 Å². The summed E-state index contributed by atoms with van der Waals surface area (Å²) < 4.78 is 12.9. The maximum Gasteiger partial charge on any atom is 0.262 e. The number of nitrogens with zero attached hydrogens (tertiary/aromatic N) is 4. The van der Waals surface area contributed by atoms with Crippen molar-refractivity contribution in [2.75, 3.05) is 5.01 Å². The Balaban J connectivity index is 1.76. The Labute approximate surface area is 145 Å². The first kappa shape index (κ1) is 16.7. The lowest BCUT2D eigenvalue weighted by atomic mass is 9.99. The van der Waals surface area contributed by atoms with E-state index >= 15 is 0 Å². The average molecular weight is 336 g/mol. The zero-order valence-corrected chi connectivity index (χ0v) is 13.9. The van der Waals surface area contributed by atoms with Crippen LogP contribution in [0.4, 0.5) is 10.1 Å². The van der Waals surface area contributed by atoms with Crippen LogP contribution in [-0.2, 0) is 4.79 Å². The second kappa shape index (κ2) is 7.17. The number of hydrazone groups is 1. The zero-order valence-electron chi connectivity index (χ0n) is 13.9. The van der Waals surface area contributed by atoms with Crippen molar-refractivity contribution in [2.45, 2.75) is 13.8 Å². The van der Waals surface area contributed by atoms with Crippen LogP contribution in [0.2, 0.25) is 0 Å². The summed E-state index contributed by atoms with van der Waals surface area (Å²) in [5, 5.41) is 13.8. The molecule has 0 fully saturated rings. The predicted molar refractivity (Wildman–Crippen MR) is 97.6 cm³/mol. The van der Waals surface area contributed by atoms with Gasteiger partial charge in [-0.05, 0) is 43.7 Å². The standard InChI is InChI=1S/C19H17FN4O/c1-13(22-21-12-15-8-10-16(20)11-9-15)18-14(2)23-24(19(18)25)17-6-4-3-5-7-17/h3-12,18H,1-2H3/b21-12+,22-13-. The van der Waals surface area contributed by atoms with Crippen molar-refractivity contribution in [1.29, 1.82) is 0 Å². The fourth-order valence-electron chi connectivity index (χ4n) is 2.59. The number of hydrogen-bond acceptors (Lipinski definition) is 4. The van der Waals surface area contributed by atoms with Gasteiger partial charge in [-0.25, -0.2) is 4.39 Å². The normalized spacial score (nSPS) is 18.1. The van der Waals surface area contributed by atoms with Gasteiger partial charge in [-0.15, -0.1) is 0 Å². The summed E-state index contributed by atoms with van der Waals surface area (Å²) in [6.45, 7) is 3.55. The van der Waals surface area contributed by atoms with Gasteiger partial charge >= 0.3 is 0 Å². The number of halogens is 1. The van der Waals surface area contributed by atoms with Crippen molar-refractivity contribution in [3.63, 3.8) is 0 Å². The SMILES string of the molecule is CC1=NN(c2ccccc2)C(=O)C1/C(C)=N\N=C\c1ccc(F)cc1. The van der Waals surface area contributed by atoms with Crippen LogP contribution in [0.15, 0.2) is 69.9 Å². The predicted octanol–water partition coefficient (Wildman–Crippen LogP) is 3.66. The van der Waals surface area contributed by atoms with Gasteiger partial charge in [0.05, 0.1) is 23.3 Å². The number of rotatable bonds is 4. The second-order valence-electron chi connectivity index (χ2n) is 5.70. The van der Waals surface area contributed by atoms with Crippen LogP contribution >= 0.6 is 0 Å². The van der Waals surface area contributed by atoms with Crippen LogP contribution < -0.4 is 5.01 Å². The minimum Gasteiger partial charge on any atom is -0.271 e. The van der Waals surface area contributed by atoms with Gasteiger partial charge in [-0.3, -0.25) is 4.79 Å². The maximum atomic E-state index is 12.9. The monoisotopic (exact) mass is 336 g/mol. The number of amides is 1. The minimum atomic E-state index is -0.523. The van der Waals surface area contributed by atoms with E-state index in [4.69, 9.17) is 0 Å². The quantitative estimate of drug-likeness (QED) is 0.621. The molecule has 2 aromatic carbocycles. The molecule has 1 heterocycles.